The maximum atomic E-state index is 13.2. The fourth-order valence-corrected chi connectivity index (χ4v) is 13.9. The molecule has 7 rings (SSSR count). The third kappa shape index (κ3) is 21.2. The number of carbonyl (C=O) groups is 9. The van der Waals surface area contributed by atoms with Gasteiger partial charge in [-0.3, -0.25) is 56.9 Å². The van der Waals surface area contributed by atoms with Gasteiger partial charge in [0.2, 0.25) is 42.1 Å². The second-order valence-corrected chi connectivity index (χ2v) is 26.8. The van der Waals surface area contributed by atoms with Crippen molar-refractivity contribution in [3.63, 3.8) is 0 Å². The summed E-state index contributed by atoms with van der Waals surface area (Å²) in [5, 5.41) is 145. The first kappa shape index (κ1) is 84.2. The quantitative estimate of drug-likeness (QED) is 0.0127. The number of rotatable bonds is 38. The van der Waals surface area contributed by atoms with Gasteiger partial charge in [0.05, 0.1) is 50.4 Å². The average molecular weight is 1530 g/mol. The first-order valence-electron chi connectivity index (χ1n) is 31.7. The third-order valence-corrected chi connectivity index (χ3v) is 19.3. The number of hydrogen-bond acceptors (Lipinski definition) is 40. The van der Waals surface area contributed by atoms with Crippen molar-refractivity contribution in [2.75, 3.05) is 64.7 Å². The Morgan fingerprint density at radius 2 is 1.47 bits per heavy atom. The van der Waals surface area contributed by atoms with Crippen LogP contribution in [0, 0.1) is 5.92 Å². The molecule has 582 valence electrons. The van der Waals surface area contributed by atoms with E-state index in [0.29, 0.717) is 0 Å². The molecular weight excluding hydrogens is 1440 g/mol. The van der Waals surface area contributed by atoms with Gasteiger partial charge in [-0.05, 0) is 24.7 Å². The number of aliphatic hydroxyl groups is 12. The lowest BCUT2D eigenvalue weighted by atomic mass is 9.80. The van der Waals surface area contributed by atoms with Gasteiger partial charge < -0.3 is 150 Å². The summed E-state index contributed by atoms with van der Waals surface area (Å²) in [6.45, 7) is -4.02. The summed E-state index contributed by atoms with van der Waals surface area (Å²) in [6.07, 6.45) is -43.0. The Labute approximate surface area is 586 Å². The van der Waals surface area contributed by atoms with Crippen molar-refractivity contribution in [1.82, 2.24) is 30.4 Å². The van der Waals surface area contributed by atoms with Crippen LogP contribution in [0.3, 0.4) is 0 Å². The van der Waals surface area contributed by atoms with Gasteiger partial charge in [-0.1, -0.05) is 0 Å². The summed E-state index contributed by atoms with van der Waals surface area (Å²) < 4.78 is 83.0. The fourth-order valence-electron chi connectivity index (χ4n) is 11.8. The van der Waals surface area contributed by atoms with E-state index in [2.05, 4.69) is 20.9 Å². The Hall–Kier alpha value is -6.07. The first-order valence-corrected chi connectivity index (χ1v) is 34.2. The topological polar surface area (TPSA) is 677 Å². The van der Waals surface area contributed by atoms with Gasteiger partial charge in [0.25, 0.3) is 26.6 Å². The van der Waals surface area contributed by atoms with Gasteiger partial charge in [0, 0.05) is 71.3 Å². The zero-order chi connectivity index (χ0) is 75.9. The lowest BCUT2D eigenvalue weighted by molar-refractivity contribution is -0.389. The molecule has 6 aliphatic heterocycles. The van der Waals surface area contributed by atoms with Crippen molar-refractivity contribution in [1.29, 1.82) is 0 Å². The van der Waals surface area contributed by atoms with Crippen molar-refractivity contribution in [2.45, 2.75) is 204 Å². The Morgan fingerprint density at radius 1 is 0.825 bits per heavy atom. The van der Waals surface area contributed by atoms with Crippen molar-refractivity contribution < 1.29 is 180 Å². The summed E-state index contributed by atoms with van der Waals surface area (Å²) in [5.74, 6) is -11.4. The number of likely N-dealkylation sites (tertiary alicyclic amines) is 1. The summed E-state index contributed by atoms with van der Waals surface area (Å²) in [5.41, 5.74) is 4.45. The lowest BCUT2D eigenvalue weighted by Crippen LogP contribution is -2.69. The summed E-state index contributed by atoms with van der Waals surface area (Å²) >= 11 is 1.06. The summed E-state index contributed by atoms with van der Waals surface area (Å²) in [4.78, 5) is 143. The van der Waals surface area contributed by atoms with Crippen LogP contribution in [0.5, 0.6) is 0 Å². The highest BCUT2D eigenvalue weighted by atomic mass is 32.2. The van der Waals surface area contributed by atoms with Crippen LogP contribution in [-0.2, 0) is 109 Å². The Bertz CT molecular complexity index is 3190. The molecule has 0 aromatic carbocycles. The zero-order valence-corrected chi connectivity index (χ0v) is 56.4. The molecule has 45 nitrogen and oxygen atoms in total. The SMILES string of the molecule is CO[C@@H]1C(OC=O)O[C@@H](O[C@@H]2C(CO)O[C@H](O[C@@H]3C(OC=O)O[C@@H](OCCNC(=O)CCCN4C(=O)CC(SCCCC(=O)NCC(=O)C[C@H]5C([C@H](O)[C@H](O)CO)O[C@](OP(=O)([O-])OC[C@H]6O[C@@H](n7ccc(N)nc7=O)C(O)[C@H]6O)(C(=O)O)C[C@H]5O)C4=O)[C@@H](O)C3O)[C@@H](NC(C)=O)C2O)[C@@H](O)C1O. The molecule has 1 aromatic heterocycles. The number of aromatic nitrogens is 2. The number of carboxylic acid groups (broad SMARTS) is 1. The van der Waals surface area contributed by atoms with Crippen LogP contribution < -0.4 is 32.3 Å². The zero-order valence-electron chi connectivity index (χ0n) is 54.6. The van der Waals surface area contributed by atoms with E-state index in [1.165, 1.54) is 0 Å². The van der Waals surface area contributed by atoms with E-state index >= 15 is 0 Å². The van der Waals surface area contributed by atoms with E-state index in [4.69, 9.17) is 66.9 Å². The number of nitrogens with two attached hydrogens (primary N) is 1. The molecule has 0 spiro atoms. The third-order valence-electron chi connectivity index (χ3n) is 17.1. The normalized spacial score (nSPS) is 35.8. The smallest absolute Gasteiger partial charge is 0.364 e. The number of imide groups is 1. The van der Waals surface area contributed by atoms with Gasteiger partial charge in [-0.25, -0.2) is 9.59 Å². The monoisotopic (exact) mass is 1520 g/mol. The molecule has 6 aliphatic rings. The van der Waals surface area contributed by atoms with E-state index in [1.54, 1.807) is 0 Å². The van der Waals surface area contributed by atoms with Gasteiger partial charge in [-0.15, -0.1) is 11.8 Å². The van der Waals surface area contributed by atoms with Crippen LogP contribution in [0.1, 0.15) is 58.1 Å². The molecule has 18 N–H and O–H groups in total. The largest absolute Gasteiger partial charge is 0.756 e. The van der Waals surface area contributed by atoms with Crippen LogP contribution >= 0.6 is 19.6 Å². The molecule has 27 atom stereocenters. The van der Waals surface area contributed by atoms with Crippen LogP contribution in [0.15, 0.2) is 17.1 Å². The fraction of sp³-hybridized carbons (Fsp3) is 0.768. The number of carboxylic acids is 1. The number of carbonyl (C=O) groups excluding carboxylic acids is 8. The van der Waals surface area contributed by atoms with Crippen molar-refractivity contribution in [3.8, 4) is 0 Å². The number of phosphoric ester groups is 1. The standard InChI is InChI=1S/C56H84N7O38PS/c1-22(68)60-34-37(77)44(96-51-42(82)38(78)45(89-2)52(99-51)91-20-66)27(18-65)95-49(34)97-46-39(79)41(81)50(98-53(46)92-21-67)90-11-8-58-31(72)5-3-9-62-33(74)14-29(47(62)83)103-12-4-6-32(73)59-16-23(69)13-24-25(70)15-56(54(84)85,100-43(24)35(75)26(71)17-64)101-102(87,88)93-19-28-36(76)40(80)48(94-28)63-10-7-30(57)61-55(63)86/h7,10,20-21,24-29,34-46,48-53,64-65,70-71,75-82H,3-6,8-9,11-19H2,1-2H3,(H,58,72)(H,59,73)(H,60,68)(H,84,85)(H,87,88)(H2,57,61,86)/p-1/t24-,25-,26-,27?,28-,29?,34+,35-,36+,37?,38?,39?,40?,41+,42+,43?,44-,45+,46+,48-,49-,50-,51-,52?,53?,56-/m1/s1. The van der Waals surface area contributed by atoms with E-state index < -0.39 is 259 Å². The van der Waals surface area contributed by atoms with Gasteiger partial charge >= 0.3 is 11.7 Å². The molecule has 10 unspecified atom stereocenters. The Kier molecular flexibility index (Phi) is 31.0. The number of thioether (sulfide) groups is 1. The molecule has 47 heteroatoms. The van der Waals surface area contributed by atoms with E-state index in [9.17, 15) is 124 Å². The number of nitrogen functional groups attached to an aromatic ring is 1. The average Bonchev–Trinajstić information content (AvgIpc) is 0.890. The van der Waals surface area contributed by atoms with E-state index in [0.717, 1.165) is 47.5 Å². The number of aliphatic carboxylic acids is 1. The van der Waals surface area contributed by atoms with Gasteiger partial charge in [0.1, 0.15) is 91.2 Å². The lowest BCUT2D eigenvalue weighted by Gasteiger charge is -2.49. The number of ketones is 1. The highest BCUT2D eigenvalue weighted by Crippen LogP contribution is 2.50. The number of ether oxygens (including phenoxy) is 11. The predicted octanol–water partition coefficient (Wildman–Crippen LogP) is -11.6. The van der Waals surface area contributed by atoms with E-state index in [-0.39, 0.29) is 69.7 Å². The number of methoxy groups -OCH3 is 1. The van der Waals surface area contributed by atoms with Crippen molar-refractivity contribution in [3.05, 3.63) is 22.7 Å². The molecule has 6 fully saturated rings. The van der Waals surface area contributed by atoms with E-state index in [1.807, 2.05) is 0 Å². The van der Waals surface area contributed by atoms with Gasteiger partial charge in [0.15, 0.2) is 37.0 Å². The molecule has 0 aliphatic carbocycles. The number of anilines is 1. The minimum atomic E-state index is -5.98. The molecule has 0 radical (unpaired) electrons. The molecule has 5 amide bonds. The number of phosphoric acid groups is 1. The second-order valence-electron chi connectivity index (χ2n) is 24.2. The van der Waals surface area contributed by atoms with Gasteiger partial charge in [-0.2, -0.15) is 4.98 Å². The second kappa shape index (κ2) is 37.9. The minimum absolute atomic E-state index is 0.00372. The number of Topliss-reactive ketones (excluding diaryl/α,β-unsaturated/α-hetero) is 1. The number of amides is 5. The number of nitrogens with zero attached hydrogens (tertiary/aromatic N) is 3. The van der Waals surface area contributed by atoms with Crippen LogP contribution in [0.2, 0.25) is 0 Å². The van der Waals surface area contributed by atoms with Crippen LogP contribution in [-0.4, -0.2) is 340 Å². The molecule has 7 heterocycles. The minimum Gasteiger partial charge on any atom is -0.756 e. The van der Waals surface area contributed by atoms with Crippen molar-refractivity contribution >= 4 is 79.6 Å². The Balaban J connectivity index is 0.803. The maximum Gasteiger partial charge on any atom is 0.364 e. The molecule has 1 aromatic rings. The molecule has 0 saturated carbocycles. The number of aliphatic hydroxyl groups excluding tert-OH is 12. The number of hydrogen-bond donors (Lipinski definition) is 17. The first-order chi connectivity index (χ1) is 48.7. The van der Waals surface area contributed by atoms with Crippen molar-refractivity contribution in [2.24, 2.45) is 5.92 Å². The molecule has 0 bridgehead atoms. The number of nitrogens with one attached hydrogen (secondary N) is 3. The molecule has 103 heavy (non-hydrogen) atoms. The Morgan fingerprint density at radius 3 is 2.11 bits per heavy atom. The highest BCUT2D eigenvalue weighted by Gasteiger charge is 2.59. The highest BCUT2D eigenvalue weighted by molar-refractivity contribution is 8.00. The molecular formula is C56H83N7O38PS-. The van der Waals surface area contributed by atoms with Crippen LogP contribution in [0.4, 0.5) is 5.82 Å². The maximum absolute atomic E-state index is 13.2. The summed E-state index contributed by atoms with van der Waals surface area (Å²) in [6, 6.07) is -0.529. The molecule has 6 saturated heterocycles. The van der Waals surface area contributed by atoms with Crippen LogP contribution in [0.25, 0.3) is 0 Å². The predicted molar refractivity (Wildman–Crippen MR) is 325 cm³/mol. The summed E-state index contributed by atoms with van der Waals surface area (Å²) in [7, 11) is -4.86.